The van der Waals surface area contributed by atoms with E-state index in [0.29, 0.717) is 0 Å². The number of unbranched alkanes of at least 4 members (excludes halogenated alkanes) is 26. The maximum atomic E-state index is 9.76. The van der Waals surface area contributed by atoms with Gasteiger partial charge in [0.15, 0.2) is 0 Å². The monoisotopic (exact) mass is 721 g/mol. The first-order valence-electron chi connectivity index (χ1n) is 21.5. The summed E-state index contributed by atoms with van der Waals surface area (Å²) in [7, 11) is 0. The van der Waals surface area contributed by atoms with Crippen LogP contribution in [0.5, 0.6) is 0 Å². The Morgan fingerprint density at radius 2 is 0.640 bits per heavy atom. The molecule has 0 aliphatic carbocycles. The largest absolute Gasteiger partial charge is 0.394 e. The van der Waals surface area contributed by atoms with Gasteiger partial charge in [0.1, 0.15) is 12.2 Å². The summed E-state index contributed by atoms with van der Waals surface area (Å²) in [5.74, 6) is 0. The van der Waals surface area contributed by atoms with E-state index in [1.165, 1.54) is 167 Å². The van der Waals surface area contributed by atoms with Crippen molar-refractivity contribution in [1.29, 1.82) is 0 Å². The van der Waals surface area contributed by atoms with Gasteiger partial charge in [0, 0.05) is 0 Å². The summed E-state index contributed by atoms with van der Waals surface area (Å²) in [4.78, 5) is 0. The number of aliphatic hydroxyl groups is 6. The van der Waals surface area contributed by atoms with Crippen LogP contribution in [0.3, 0.4) is 0 Å². The van der Waals surface area contributed by atoms with Gasteiger partial charge in [-0.2, -0.15) is 0 Å². The summed E-state index contributed by atoms with van der Waals surface area (Å²) in [6.45, 7) is 4.36. The summed E-state index contributed by atoms with van der Waals surface area (Å²) in [6.07, 6.45) is 36.7. The van der Waals surface area contributed by atoms with E-state index in [1.807, 2.05) is 0 Å². The SMILES string of the molecule is CCCCCCCCCCCCCCCCC(CO)OCC(O)CO.CCCCCCCCCCCCCCCCC(O)COCC(O)CO. The van der Waals surface area contributed by atoms with Gasteiger partial charge in [-0.05, 0) is 12.8 Å². The van der Waals surface area contributed by atoms with Gasteiger partial charge in [0.25, 0.3) is 0 Å². The molecule has 8 nitrogen and oxygen atoms in total. The van der Waals surface area contributed by atoms with Crippen LogP contribution < -0.4 is 0 Å². The zero-order chi connectivity index (χ0) is 37.2. The Morgan fingerprint density at radius 3 is 0.980 bits per heavy atom. The van der Waals surface area contributed by atoms with Crippen LogP contribution in [0.25, 0.3) is 0 Å². The normalized spacial score (nSPS) is 13.9. The van der Waals surface area contributed by atoms with Crippen molar-refractivity contribution in [3.8, 4) is 0 Å². The lowest BCUT2D eigenvalue weighted by Crippen LogP contribution is -2.26. The Bertz CT molecular complexity index is 596. The van der Waals surface area contributed by atoms with Gasteiger partial charge in [-0.15, -0.1) is 0 Å². The van der Waals surface area contributed by atoms with Gasteiger partial charge in [-0.3, -0.25) is 0 Å². The van der Waals surface area contributed by atoms with Gasteiger partial charge in [0.05, 0.1) is 51.8 Å². The standard InChI is InChI=1S/2C21H44O4/c1-2-3-4-5-6-7-8-9-10-11-12-13-14-15-16-21(18-23)25-19-20(24)17-22;1-2-3-4-5-6-7-8-9-10-11-12-13-14-15-16-20(23)18-25-19-21(24)17-22/h2*20-24H,2-19H2,1H3. The molecular weight excluding hydrogens is 632 g/mol. The summed E-state index contributed by atoms with van der Waals surface area (Å²) < 4.78 is 10.6. The summed E-state index contributed by atoms with van der Waals surface area (Å²) in [5, 5.41) is 54.8. The smallest absolute Gasteiger partial charge is 0.100 e. The highest BCUT2D eigenvalue weighted by Crippen LogP contribution is 2.16. The molecule has 0 aromatic heterocycles. The highest BCUT2D eigenvalue weighted by molar-refractivity contribution is 4.60. The fourth-order valence-electron chi connectivity index (χ4n) is 6.14. The summed E-state index contributed by atoms with van der Waals surface area (Å²) in [5.41, 5.74) is 0. The van der Waals surface area contributed by atoms with Gasteiger partial charge < -0.3 is 40.1 Å². The van der Waals surface area contributed by atoms with E-state index < -0.39 is 18.3 Å². The van der Waals surface area contributed by atoms with Crippen LogP contribution in [-0.4, -0.2) is 94.7 Å². The van der Waals surface area contributed by atoms with Gasteiger partial charge in [0.2, 0.25) is 0 Å². The van der Waals surface area contributed by atoms with Gasteiger partial charge in [-0.1, -0.05) is 194 Å². The second kappa shape index (κ2) is 44.8. The van der Waals surface area contributed by atoms with Crippen LogP contribution in [0.4, 0.5) is 0 Å². The van der Waals surface area contributed by atoms with Crippen LogP contribution in [0, 0.1) is 0 Å². The molecule has 0 spiro atoms. The fourth-order valence-corrected chi connectivity index (χ4v) is 6.14. The van der Waals surface area contributed by atoms with E-state index in [-0.39, 0.29) is 45.7 Å². The van der Waals surface area contributed by atoms with Crippen molar-refractivity contribution in [2.75, 3.05) is 39.6 Å². The van der Waals surface area contributed by atoms with E-state index in [0.717, 1.165) is 25.7 Å². The van der Waals surface area contributed by atoms with E-state index in [2.05, 4.69) is 13.8 Å². The molecule has 0 amide bonds. The highest BCUT2D eigenvalue weighted by Gasteiger charge is 2.11. The van der Waals surface area contributed by atoms with Crippen LogP contribution in [-0.2, 0) is 9.47 Å². The quantitative estimate of drug-likeness (QED) is 0.0345. The van der Waals surface area contributed by atoms with Crippen molar-refractivity contribution in [3.63, 3.8) is 0 Å². The molecule has 0 saturated carbocycles. The molecule has 0 aromatic rings. The lowest BCUT2D eigenvalue weighted by atomic mass is 10.0. The molecule has 304 valence electrons. The van der Waals surface area contributed by atoms with Crippen LogP contribution >= 0.6 is 0 Å². The Hall–Kier alpha value is -0.320. The molecule has 4 unspecified atom stereocenters. The molecule has 0 saturated heterocycles. The van der Waals surface area contributed by atoms with Gasteiger partial charge >= 0.3 is 0 Å². The second-order valence-corrected chi connectivity index (χ2v) is 14.8. The third-order valence-electron chi connectivity index (χ3n) is 9.54. The lowest BCUT2D eigenvalue weighted by Gasteiger charge is -2.17. The molecule has 0 bridgehead atoms. The molecule has 0 radical (unpaired) electrons. The summed E-state index contributed by atoms with van der Waals surface area (Å²) >= 11 is 0. The zero-order valence-electron chi connectivity index (χ0n) is 33.3. The molecule has 0 rings (SSSR count). The predicted molar refractivity (Wildman–Crippen MR) is 210 cm³/mol. The van der Waals surface area contributed by atoms with Crippen molar-refractivity contribution >= 4 is 0 Å². The minimum atomic E-state index is -0.842. The van der Waals surface area contributed by atoms with Crippen molar-refractivity contribution in [2.24, 2.45) is 0 Å². The average molecular weight is 721 g/mol. The van der Waals surface area contributed by atoms with Crippen molar-refractivity contribution < 1.29 is 40.1 Å². The fraction of sp³-hybridized carbons (Fsp3) is 1.00. The average Bonchev–Trinajstić information content (AvgIpc) is 3.13. The molecule has 0 aliphatic rings. The van der Waals surface area contributed by atoms with Crippen molar-refractivity contribution in [3.05, 3.63) is 0 Å². The Labute approximate surface area is 310 Å². The molecule has 0 aromatic carbocycles. The first-order valence-corrected chi connectivity index (χ1v) is 21.5. The van der Waals surface area contributed by atoms with E-state index >= 15 is 0 Å². The molecular formula is C42H88O8. The zero-order valence-corrected chi connectivity index (χ0v) is 33.3. The molecule has 8 heteroatoms. The molecule has 0 fully saturated rings. The number of hydrogen-bond acceptors (Lipinski definition) is 8. The number of ether oxygens (including phenoxy) is 2. The first-order chi connectivity index (χ1) is 24.4. The Balaban J connectivity index is 0. The first kappa shape index (κ1) is 51.8. The maximum absolute atomic E-state index is 9.76. The lowest BCUT2D eigenvalue weighted by molar-refractivity contribution is -0.0491. The molecule has 4 atom stereocenters. The number of hydrogen-bond donors (Lipinski definition) is 6. The van der Waals surface area contributed by atoms with Crippen LogP contribution in [0.2, 0.25) is 0 Å². The van der Waals surface area contributed by atoms with Crippen molar-refractivity contribution in [2.45, 2.75) is 231 Å². The number of aliphatic hydroxyl groups excluding tert-OH is 6. The van der Waals surface area contributed by atoms with E-state index in [1.54, 1.807) is 0 Å². The highest BCUT2D eigenvalue weighted by atomic mass is 16.5. The minimum absolute atomic E-state index is 0.0173. The minimum Gasteiger partial charge on any atom is -0.394 e. The summed E-state index contributed by atoms with van der Waals surface area (Å²) in [6, 6.07) is 0. The van der Waals surface area contributed by atoms with Gasteiger partial charge in [-0.25, -0.2) is 0 Å². The Morgan fingerprint density at radius 1 is 0.340 bits per heavy atom. The second-order valence-electron chi connectivity index (χ2n) is 14.8. The molecule has 50 heavy (non-hydrogen) atoms. The maximum Gasteiger partial charge on any atom is 0.100 e. The van der Waals surface area contributed by atoms with Crippen LogP contribution in [0.15, 0.2) is 0 Å². The van der Waals surface area contributed by atoms with E-state index in [4.69, 9.17) is 24.8 Å². The molecule has 0 aliphatic heterocycles. The predicted octanol–water partition coefficient (Wildman–Crippen LogP) is 9.18. The Kier molecular flexibility index (Phi) is 46.4. The third-order valence-corrected chi connectivity index (χ3v) is 9.54. The van der Waals surface area contributed by atoms with E-state index in [9.17, 15) is 15.3 Å². The van der Waals surface area contributed by atoms with Crippen LogP contribution in [0.1, 0.15) is 206 Å². The topological polar surface area (TPSA) is 140 Å². The molecule has 6 N–H and O–H groups in total. The third kappa shape index (κ3) is 43.8. The molecule has 0 heterocycles. The van der Waals surface area contributed by atoms with Crippen molar-refractivity contribution in [1.82, 2.24) is 0 Å². The number of rotatable bonds is 40.